The summed E-state index contributed by atoms with van der Waals surface area (Å²) in [7, 11) is 3.19. The first kappa shape index (κ1) is 14.8. The van der Waals surface area contributed by atoms with E-state index in [1.54, 1.807) is 20.2 Å². The molecule has 1 heterocycles. The number of fused-ring (bicyclic) bond motifs is 1. The number of H-pyrrole nitrogens is 1. The van der Waals surface area contributed by atoms with Crippen molar-refractivity contribution in [2.24, 2.45) is 10.7 Å². The Kier molecular flexibility index (Phi) is 4.77. The number of benzene rings is 1. The first-order valence-corrected chi connectivity index (χ1v) is 5.37. The number of ether oxygens (including phenoxy) is 1. The summed E-state index contributed by atoms with van der Waals surface area (Å²) in [6.07, 6.45) is 0. The number of aromatic amines is 1. The summed E-state index contributed by atoms with van der Waals surface area (Å²) in [5.41, 5.74) is 6.67. The zero-order valence-corrected chi connectivity index (χ0v) is 11.4. The maximum absolute atomic E-state index is 11.8. The number of halogens is 1. The Balaban J connectivity index is 0.00000180. The Morgan fingerprint density at radius 1 is 1.42 bits per heavy atom. The van der Waals surface area contributed by atoms with Crippen molar-refractivity contribution in [3.8, 4) is 5.75 Å². The molecule has 2 aromatic rings. The summed E-state index contributed by atoms with van der Waals surface area (Å²) < 4.78 is 5.12. The van der Waals surface area contributed by atoms with E-state index in [0.29, 0.717) is 5.69 Å². The van der Waals surface area contributed by atoms with Gasteiger partial charge >= 0.3 is 0 Å². The third kappa shape index (κ3) is 3.17. The average molecular weight is 283 g/mol. The summed E-state index contributed by atoms with van der Waals surface area (Å²) in [6, 6.07) is 7.22. The predicted octanol–water partition coefficient (Wildman–Crippen LogP) is 1.27. The van der Waals surface area contributed by atoms with Crippen LogP contribution in [0, 0.1) is 0 Å². The van der Waals surface area contributed by atoms with Gasteiger partial charge in [-0.1, -0.05) is 0 Å². The van der Waals surface area contributed by atoms with Gasteiger partial charge in [0.15, 0.2) is 5.96 Å². The van der Waals surface area contributed by atoms with Crippen molar-refractivity contribution in [1.29, 1.82) is 0 Å². The van der Waals surface area contributed by atoms with Gasteiger partial charge in [-0.15, -0.1) is 12.4 Å². The number of rotatable bonds is 2. The van der Waals surface area contributed by atoms with E-state index >= 15 is 0 Å². The Bertz CT molecular complexity index is 621. The maximum Gasteiger partial charge on any atom is 0.296 e. The highest BCUT2D eigenvalue weighted by Crippen LogP contribution is 2.21. The van der Waals surface area contributed by atoms with Crippen LogP contribution in [-0.2, 0) is 0 Å². The fraction of sp³-hybridized carbons (Fsp3) is 0.167. The molecule has 0 spiro atoms. The Morgan fingerprint density at radius 2 is 2.16 bits per heavy atom. The van der Waals surface area contributed by atoms with E-state index in [1.807, 2.05) is 18.2 Å². The highest BCUT2D eigenvalue weighted by molar-refractivity contribution is 6.04. The van der Waals surface area contributed by atoms with E-state index in [9.17, 15) is 4.79 Å². The van der Waals surface area contributed by atoms with Crippen molar-refractivity contribution in [1.82, 2.24) is 10.3 Å². The lowest BCUT2D eigenvalue weighted by Crippen LogP contribution is -2.28. The molecule has 0 bridgehead atoms. The predicted molar refractivity (Wildman–Crippen MR) is 77.1 cm³/mol. The SMILES string of the molecule is CNC(N)=NC(=O)c1cc2cc(OC)ccc2[nH]1.Cl. The number of aromatic nitrogens is 1. The molecule has 0 fully saturated rings. The lowest BCUT2D eigenvalue weighted by atomic mass is 10.2. The normalized spacial score (nSPS) is 10.9. The van der Waals surface area contributed by atoms with Crippen LogP contribution in [0.2, 0.25) is 0 Å². The summed E-state index contributed by atoms with van der Waals surface area (Å²) >= 11 is 0. The first-order valence-electron chi connectivity index (χ1n) is 5.37. The second kappa shape index (κ2) is 6.10. The lowest BCUT2D eigenvalue weighted by molar-refractivity contribution is 0.0998. The van der Waals surface area contributed by atoms with Crippen molar-refractivity contribution < 1.29 is 9.53 Å². The molecule has 1 aromatic carbocycles. The topological polar surface area (TPSA) is 92.5 Å². The standard InChI is InChI=1S/C12H14N4O2.ClH/c1-14-12(13)16-11(17)10-6-7-5-8(18-2)3-4-9(7)15-10;/h3-6,15H,1-2H3,(H3,13,14,16,17);1H. The monoisotopic (exact) mass is 282 g/mol. The van der Waals surface area contributed by atoms with E-state index in [4.69, 9.17) is 10.5 Å². The van der Waals surface area contributed by atoms with Crippen LogP contribution in [0.4, 0.5) is 0 Å². The highest BCUT2D eigenvalue weighted by atomic mass is 35.5. The molecule has 6 nitrogen and oxygen atoms in total. The number of guanidine groups is 1. The van der Waals surface area contributed by atoms with Crippen LogP contribution in [0.25, 0.3) is 10.9 Å². The lowest BCUT2D eigenvalue weighted by Gasteiger charge is -1.97. The Hall–Kier alpha value is -2.21. The van der Waals surface area contributed by atoms with Gasteiger partial charge in [-0.2, -0.15) is 4.99 Å². The molecular formula is C12H15ClN4O2. The van der Waals surface area contributed by atoms with Gasteiger partial charge in [0.25, 0.3) is 5.91 Å². The maximum atomic E-state index is 11.8. The van der Waals surface area contributed by atoms with Gasteiger partial charge in [0.2, 0.25) is 0 Å². The molecule has 0 saturated carbocycles. The van der Waals surface area contributed by atoms with Gasteiger partial charge in [-0.25, -0.2) is 0 Å². The molecule has 0 aliphatic carbocycles. The highest BCUT2D eigenvalue weighted by Gasteiger charge is 2.09. The summed E-state index contributed by atoms with van der Waals surface area (Å²) in [4.78, 5) is 18.4. The molecule has 0 aliphatic heterocycles. The molecule has 2 rings (SSSR count). The molecule has 0 unspecified atom stereocenters. The van der Waals surface area contributed by atoms with Gasteiger partial charge < -0.3 is 20.8 Å². The number of methoxy groups -OCH3 is 1. The van der Waals surface area contributed by atoms with E-state index in [-0.39, 0.29) is 18.4 Å². The molecule has 1 aromatic heterocycles. The fourth-order valence-electron chi connectivity index (χ4n) is 1.58. The Morgan fingerprint density at radius 3 is 2.79 bits per heavy atom. The third-order valence-corrected chi connectivity index (χ3v) is 2.54. The minimum atomic E-state index is -0.419. The molecule has 4 N–H and O–H groups in total. The smallest absolute Gasteiger partial charge is 0.296 e. The average Bonchev–Trinajstić information content (AvgIpc) is 2.81. The number of aliphatic imine (C=N–C) groups is 1. The van der Waals surface area contributed by atoms with Crippen LogP contribution >= 0.6 is 12.4 Å². The van der Waals surface area contributed by atoms with Crippen LogP contribution in [0.15, 0.2) is 29.3 Å². The van der Waals surface area contributed by atoms with Crippen LogP contribution in [-0.4, -0.2) is 31.0 Å². The van der Waals surface area contributed by atoms with Gasteiger partial charge in [0.1, 0.15) is 11.4 Å². The molecule has 0 radical (unpaired) electrons. The van der Waals surface area contributed by atoms with E-state index in [1.165, 1.54) is 0 Å². The zero-order chi connectivity index (χ0) is 13.1. The molecule has 102 valence electrons. The van der Waals surface area contributed by atoms with Crippen LogP contribution in [0.1, 0.15) is 10.5 Å². The second-order valence-corrected chi connectivity index (χ2v) is 3.69. The summed E-state index contributed by atoms with van der Waals surface area (Å²) in [5, 5.41) is 3.48. The van der Waals surface area contributed by atoms with Gasteiger partial charge in [0.05, 0.1) is 7.11 Å². The van der Waals surface area contributed by atoms with Gasteiger partial charge in [0, 0.05) is 18.0 Å². The van der Waals surface area contributed by atoms with E-state index in [2.05, 4.69) is 15.3 Å². The molecule has 7 heteroatoms. The van der Waals surface area contributed by atoms with Gasteiger partial charge in [-0.3, -0.25) is 4.79 Å². The van der Waals surface area contributed by atoms with Crippen molar-refractivity contribution in [3.63, 3.8) is 0 Å². The molecular weight excluding hydrogens is 268 g/mol. The van der Waals surface area contributed by atoms with Crippen LogP contribution in [0.5, 0.6) is 5.75 Å². The molecule has 0 saturated heterocycles. The first-order chi connectivity index (χ1) is 8.63. The largest absolute Gasteiger partial charge is 0.497 e. The number of hydrogen-bond acceptors (Lipinski definition) is 2. The number of amides is 1. The molecule has 19 heavy (non-hydrogen) atoms. The van der Waals surface area contributed by atoms with Crippen LogP contribution in [0.3, 0.4) is 0 Å². The fourth-order valence-corrected chi connectivity index (χ4v) is 1.58. The number of hydrogen-bond donors (Lipinski definition) is 3. The number of nitrogens with two attached hydrogens (primary N) is 1. The third-order valence-electron chi connectivity index (χ3n) is 2.54. The quantitative estimate of drug-likeness (QED) is 0.571. The number of carbonyl (C=O) groups is 1. The minimum Gasteiger partial charge on any atom is -0.497 e. The van der Waals surface area contributed by atoms with Gasteiger partial charge in [-0.05, 0) is 24.3 Å². The van der Waals surface area contributed by atoms with Crippen molar-refractivity contribution in [3.05, 3.63) is 30.0 Å². The number of carbonyl (C=O) groups excluding carboxylic acids is 1. The van der Waals surface area contributed by atoms with E-state index in [0.717, 1.165) is 16.7 Å². The van der Waals surface area contributed by atoms with Crippen molar-refractivity contribution in [2.45, 2.75) is 0 Å². The summed E-state index contributed by atoms with van der Waals surface area (Å²) in [6.45, 7) is 0. The van der Waals surface area contributed by atoms with E-state index < -0.39 is 5.91 Å². The second-order valence-electron chi connectivity index (χ2n) is 3.69. The molecule has 0 aliphatic rings. The Labute approximate surface area is 116 Å². The molecule has 0 atom stereocenters. The van der Waals surface area contributed by atoms with Crippen molar-refractivity contribution in [2.75, 3.05) is 14.2 Å². The minimum absolute atomic E-state index is 0. The van der Waals surface area contributed by atoms with Crippen molar-refractivity contribution >= 4 is 35.2 Å². The zero-order valence-electron chi connectivity index (χ0n) is 10.6. The number of nitrogens with zero attached hydrogens (tertiary/aromatic N) is 1. The summed E-state index contributed by atoms with van der Waals surface area (Å²) in [5.74, 6) is 0.395. The number of nitrogens with one attached hydrogen (secondary N) is 2. The molecule has 1 amide bonds. The van der Waals surface area contributed by atoms with Crippen LogP contribution < -0.4 is 15.8 Å².